The monoisotopic (exact) mass is 322 g/mol. The van der Waals surface area contributed by atoms with E-state index in [1.54, 1.807) is 16.6 Å². The average molecular weight is 322 g/mol. The van der Waals surface area contributed by atoms with Crippen LogP contribution in [0.2, 0.25) is 0 Å². The first-order valence-corrected chi connectivity index (χ1v) is 7.82. The normalized spacial score (nSPS) is 11.5. The number of rotatable bonds is 3. The Morgan fingerprint density at radius 3 is 2.48 bits per heavy atom. The van der Waals surface area contributed by atoms with Gasteiger partial charge in [-0.3, -0.25) is 0 Å². The fourth-order valence-electron chi connectivity index (χ4n) is 2.21. The minimum Gasteiger partial charge on any atom is -0.207 e. The van der Waals surface area contributed by atoms with Crippen LogP contribution in [0.15, 0.2) is 54.6 Å². The molecular formula is C17H11FN4S. The van der Waals surface area contributed by atoms with Crippen LogP contribution in [0.3, 0.4) is 0 Å². The molecule has 0 saturated carbocycles. The third-order valence-corrected chi connectivity index (χ3v) is 4.19. The number of nitrogens with zero attached hydrogens (tertiary/aromatic N) is 4. The summed E-state index contributed by atoms with van der Waals surface area (Å²) < 4.78 is 14.6. The van der Waals surface area contributed by atoms with Crippen molar-refractivity contribution in [1.29, 1.82) is 0 Å². The highest BCUT2D eigenvalue weighted by Gasteiger charge is 2.11. The molecule has 0 fully saturated rings. The molecule has 0 aliphatic rings. The van der Waals surface area contributed by atoms with Crippen molar-refractivity contribution in [2.45, 2.75) is 0 Å². The maximum Gasteiger partial charge on any atom is 0.235 e. The summed E-state index contributed by atoms with van der Waals surface area (Å²) in [7, 11) is 0. The largest absolute Gasteiger partial charge is 0.235 e. The van der Waals surface area contributed by atoms with Gasteiger partial charge in [-0.15, -0.1) is 10.2 Å². The van der Waals surface area contributed by atoms with Gasteiger partial charge in [-0.05, 0) is 23.8 Å². The van der Waals surface area contributed by atoms with Crippen molar-refractivity contribution in [3.63, 3.8) is 0 Å². The van der Waals surface area contributed by atoms with Gasteiger partial charge >= 0.3 is 0 Å². The quantitative estimate of drug-likeness (QED) is 0.569. The molecule has 0 amide bonds. The lowest BCUT2D eigenvalue weighted by Crippen LogP contribution is -1.90. The molecule has 4 nitrogen and oxygen atoms in total. The van der Waals surface area contributed by atoms with Crippen molar-refractivity contribution >= 4 is 28.4 Å². The molecule has 23 heavy (non-hydrogen) atoms. The van der Waals surface area contributed by atoms with E-state index in [1.807, 2.05) is 42.5 Å². The van der Waals surface area contributed by atoms with E-state index in [9.17, 15) is 4.39 Å². The first kappa shape index (κ1) is 13.8. The van der Waals surface area contributed by atoms with Crippen LogP contribution in [0.25, 0.3) is 28.5 Å². The van der Waals surface area contributed by atoms with E-state index < -0.39 is 0 Å². The van der Waals surface area contributed by atoms with E-state index in [4.69, 9.17) is 0 Å². The van der Waals surface area contributed by atoms with Gasteiger partial charge in [0, 0.05) is 5.56 Å². The molecule has 4 aromatic rings. The zero-order valence-electron chi connectivity index (χ0n) is 11.9. The zero-order chi connectivity index (χ0) is 15.6. The van der Waals surface area contributed by atoms with E-state index in [0.717, 1.165) is 26.9 Å². The molecule has 0 bridgehead atoms. The lowest BCUT2D eigenvalue weighted by molar-refractivity contribution is 0.628. The summed E-state index contributed by atoms with van der Waals surface area (Å²) in [5.41, 5.74) is 1.89. The van der Waals surface area contributed by atoms with Crippen molar-refractivity contribution in [2.24, 2.45) is 0 Å². The molecule has 0 unspecified atom stereocenters. The van der Waals surface area contributed by atoms with Crippen LogP contribution in [0.4, 0.5) is 4.39 Å². The first-order valence-electron chi connectivity index (χ1n) is 7.01. The molecule has 0 aliphatic carbocycles. The second kappa shape index (κ2) is 5.73. The highest BCUT2D eigenvalue weighted by molar-refractivity contribution is 7.17. The van der Waals surface area contributed by atoms with Crippen molar-refractivity contribution in [1.82, 2.24) is 19.8 Å². The minimum atomic E-state index is -0.242. The Kier molecular flexibility index (Phi) is 3.44. The molecule has 0 radical (unpaired) electrons. The molecule has 4 rings (SSSR count). The predicted molar refractivity (Wildman–Crippen MR) is 89.4 cm³/mol. The van der Waals surface area contributed by atoms with E-state index in [1.165, 1.54) is 23.5 Å². The zero-order valence-corrected chi connectivity index (χ0v) is 12.7. The standard InChI is InChI=1S/C17H11FN4S/c18-14-9-6-12(7-10-14)8-11-15-21-22-16(19-20-17(22)23-15)13-4-2-1-3-5-13/h1-11H. The van der Waals surface area contributed by atoms with E-state index >= 15 is 0 Å². The number of fused-ring (bicyclic) bond motifs is 1. The van der Waals surface area contributed by atoms with Crippen molar-refractivity contribution < 1.29 is 4.39 Å². The van der Waals surface area contributed by atoms with Crippen LogP contribution in [-0.2, 0) is 0 Å². The van der Waals surface area contributed by atoms with Gasteiger partial charge in [0.2, 0.25) is 4.96 Å². The molecule has 0 aliphatic heterocycles. The van der Waals surface area contributed by atoms with Crippen LogP contribution in [0.1, 0.15) is 10.6 Å². The Hall–Kier alpha value is -2.86. The van der Waals surface area contributed by atoms with Crippen molar-refractivity contribution in [3.05, 3.63) is 71.0 Å². The van der Waals surface area contributed by atoms with Gasteiger partial charge in [0.25, 0.3) is 0 Å². The number of halogens is 1. The Morgan fingerprint density at radius 2 is 1.70 bits per heavy atom. The SMILES string of the molecule is Fc1ccc(C=Cc2nn3c(-c4ccccc4)nnc3s2)cc1. The third kappa shape index (κ3) is 2.76. The summed E-state index contributed by atoms with van der Waals surface area (Å²) in [6.45, 7) is 0. The van der Waals surface area contributed by atoms with Gasteiger partial charge < -0.3 is 0 Å². The minimum absolute atomic E-state index is 0.242. The van der Waals surface area contributed by atoms with Gasteiger partial charge in [-0.25, -0.2) is 4.39 Å². The molecule has 0 saturated heterocycles. The summed E-state index contributed by atoms with van der Waals surface area (Å²) in [4.78, 5) is 0.739. The molecule has 2 heterocycles. The van der Waals surface area contributed by atoms with E-state index in [0.29, 0.717) is 0 Å². The first-order chi connectivity index (χ1) is 11.3. The van der Waals surface area contributed by atoms with E-state index in [2.05, 4.69) is 15.3 Å². The van der Waals surface area contributed by atoms with Gasteiger partial charge in [0.1, 0.15) is 10.8 Å². The van der Waals surface area contributed by atoms with Crippen molar-refractivity contribution in [2.75, 3.05) is 0 Å². The molecular weight excluding hydrogens is 311 g/mol. The van der Waals surface area contributed by atoms with Crippen LogP contribution in [0, 0.1) is 5.82 Å². The lowest BCUT2D eigenvalue weighted by atomic mass is 10.2. The second-order valence-electron chi connectivity index (χ2n) is 4.91. The number of aromatic nitrogens is 4. The maximum absolute atomic E-state index is 12.9. The average Bonchev–Trinajstić information content (AvgIpc) is 3.15. The lowest BCUT2D eigenvalue weighted by Gasteiger charge is -1.94. The van der Waals surface area contributed by atoms with Crippen LogP contribution >= 0.6 is 11.3 Å². The molecule has 2 aromatic carbocycles. The highest BCUT2D eigenvalue weighted by atomic mass is 32.1. The summed E-state index contributed by atoms with van der Waals surface area (Å²) in [6, 6.07) is 16.1. The fraction of sp³-hybridized carbons (Fsp3) is 0. The summed E-state index contributed by atoms with van der Waals surface area (Å²) in [5, 5.41) is 13.7. The number of benzene rings is 2. The number of hydrogen-bond acceptors (Lipinski definition) is 4. The maximum atomic E-state index is 12.9. The molecule has 0 N–H and O–H groups in total. The molecule has 0 atom stereocenters. The van der Waals surface area contributed by atoms with Gasteiger partial charge in [-0.1, -0.05) is 59.9 Å². The van der Waals surface area contributed by atoms with Crippen LogP contribution in [0.5, 0.6) is 0 Å². The summed E-state index contributed by atoms with van der Waals surface area (Å²) in [6.07, 6.45) is 3.79. The molecule has 6 heteroatoms. The molecule has 0 spiro atoms. The third-order valence-electron chi connectivity index (χ3n) is 3.33. The Bertz CT molecular complexity index is 971. The highest BCUT2D eigenvalue weighted by Crippen LogP contribution is 2.22. The van der Waals surface area contributed by atoms with Gasteiger partial charge in [0.15, 0.2) is 5.82 Å². The van der Waals surface area contributed by atoms with Crippen molar-refractivity contribution in [3.8, 4) is 11.4 Å². The number of hydrogen-bond donors (Lipinski definition) is 0. The van der Waals surface area contributed by atoms with Crippen LogP contribution < -0.4 is 0 Å². The van der Waals surface area contributed by atoms with E-state index in [-0.39, 0.29) is 5.82 Å². The van der Waals surface area contributed by atoms with Crippen LogP contribution in [-0.4, -0.2) is 19.8 Å². The topological polar surface area (TPSA) is 43.1 Å². The summed E-state index contributed by atoms with van der Waals surface area (Å²) in [5.74, 6) is 0.478. The van der Waals surface area contributed by atoms with Gasteiger partial charge in [0.05, 0.1) is 0 Å². The smallest absolute Gasteiger partial charge is 0.207 e. The second-order valence-corrected chi connectivity index (χ2v) is 5.90. The molecule has 2 aromatic heterocycles. The van der Waals surface area contributed by atoms with Gasteiger partial charge in [-0.2, -0.15) is 9.61 Å². The molecule has 112 valence electrons. The Balaban J connectivity index is 1.67. The fourth-order valence-corrected chi connectivity index (χ4v) is 2.95. The summed E-state index contributed by atoms with van der Waals surface area (Å²) >= 11 is 1.45. The predicted octanol–water partition coefficient (Wildman–Crippen LogP) is 4.16. The Labute approximate surface area is 135 Å². The Morgan fingerprint density at radius 1 is 0.913 bits per heavy atom.